The van der Waals surface area contributed by atoms with Crippen LogP contribution in [0.3, 0.4) is 0 Å². The van der Waals surface area contributed by atoms with Crippen molar-refractivity contribution >= 4 is 5.69 Å². The van der Waals surface area contributed by atoms with Crippen LogP contribution in [0.5, 0.6) is 0 Å². The maximum absolute atomic E-state index is 14.4. The fraction of sp³-hybridized carbons (Fsp3) is 0.647. The maximum atomic E-state index is 14.4. The maximum Gasteiger partial charge on any atom is 0.146 e. The lowest BCUT2D eigenvalue weighted by molar-refractivity contribution is 0.115. The third-order valence-corrected chi connectivity index (χ3v) is 4.20. The first kappa shape index (κ1) is 16.2. The minimum absolute atomic E-state index is 0.101. The lowest BCUT2D eigenvalue weighted by Gasteiger charge is -2.26. The number of anilines is 1. The summed E-state index contributed by atoms with van der Waals surface area (Å²) in [4.78, 5) is 2.06. The molecule has 0 saturated carbocycles. The normalized spacial score (nSPS) is 19.7. The lowest BCUT2D eigenvalue weighted by Crippen LogP contribution is -2.32. The Balaban J connectivity index is 2.06. The molecular formula is C17H27FN2O. The van der Waals surface area contributed by atoms with E-state index in [1.165, 1.54) is 0 Å². The molecule has 0 amide bonds. The number of halogens is 1. The van der Waals surface area contributed by atoms with Crippen LogP contribution < -0.4 is 10.6 Å². The fourth-order valence-corrected chi connectivity index (χ4v) is 2.81. The van der Waals surface area contributed by atoms with Crippen molar-refractivity contribution in [3.05, 3.63) is 29.6 Å². The van der Waals surface area contributed by atoms with E-state index in [9.17, 15) is 4.39 Å². The van der Waals surface area contributed by atoms with Gasteiger partial charge in [0.15, 0.2) is 0 Å². The zero-order valence-electron chi connectivity index (χ0n) is 13.1. The molecule has 1 aromatic carbocycles. The summed E-state index contributed by atoms with van der Waals surface area (Å²) in [5.41, 5.74) is 7.58. The summed E-state index contributed by atoms with van der Waals surface area (Å²) in [6, 6.07) is 5.60. The monoisotopic (exact) mass is 294 g/mol. The molecule has 4 heteroatoms. The van der Waals surface area contributed by atoms with Crippen LogP contribution in [0.4, 0.5) is 10.1 Å². The van der Waals surface area contributed by atoms with Crippen LogP contribution in [0, 0.1) is 5.82 Å². The molecule has 118 valence electrons. The summed E-state index contributed by atoms with van der Waals surface area (Å²) in [7, 11) is 0. The smallest absolute Gasteiger partial charge is 0.146 e. The molecule has 3 nitrogen and oxygen atoms in total. The van der Waals surface area contributed by atoms with Crippen molar-refractivity contribution in [2.75, 3.05) is 24.6 Å². The number of benzene rings is 1. The molecule has 21 heavy (non-hydrogen) atoms. The van der Waals surface area contributed by atoms with E-state index >= 15 is 0 Å². The van der Waals surface area contributed by atoms with Crippen molar-refractivity contribution in [1.82, 2.24) is 0 Å². The van der Waals surface area contributed by atoms with E-state index in [2.05, 4.69) is 18.7 Å². The quantitative estimate of drug-likeness (QED) is 0.840. The van der Waals surface area contributed by atoms with Crippen LogP contribution in [-0.4, -0.2) is 31.8 Å². The molecule has 2 rings (SSSR count). The molecular weight excluding hydrogens is 267 g/mol. The Hall–Kier alpha value is -1.13. The molecule has 0 aliphatic carbocycles. The zero-order chi connectivity index (χ0) is 15.2. The summed E-state index contributed by atoms with van der Waals surface area (Å²) >= 11 is 0. The number of likely N-dealkylation sites (N-methyl/N-ethyl adjacent to an activating group) is 1. The number of nitrogens with zero attached hydrogens (tertiary/aromatic N) is 1. The van der Waals surface area contributed by atoms with Gasteiger partial charge in [0, 0.05) is 25.7 Å². The van der Waals surface area contributed by atoms with Crippen LogP contribution in [0.2, 0.25) is 0 Å². The van der Waals surface area contributed by atoms with E-state index < -0.39 is 0 Å². The van der Waals surface area contributed by atoms with Gasteiger partial charge in [0.2, 0.25) is 0 Å². The van der Waals surface area contributed by atoms with Gasteiger partial charge >= 0.3 is 0 Å². The first-order valence-electron chi connectivity index (χ1n) is 8.04. The number of rotatable bonds is 7. The van der Waals surface area contributed by atoms with E-state index in [0.29, 0.717) is 5.69 Å². The highest BCUT2D eigenvalue weighted by molar-refractivity contribution is 5.49. The minimum Gasteiger partial charge on any atom is -0.376 e. The first-order valence-corrected chi connectivity index (χ1v) is 8.04. The second-order valence-electron chi connectivity index (χ2n) is 5.83. The number of hydrogen-bond acceptors (Lipinski definition) is 3. The highest BCUT2D eigenvalue weighted by Crippen LogP contribution is 2.23. The summed E-state index contributed by atoms with van der Waals surface area (Å²) < 4.78 is 20.0. The summed E-state index contributed by atoms with van der Waals surface area (Å²) in [6.45, 7) is 6.48. The van der Waals surface area contributed by atoms with Crippen LogP contribution in [0.15, 0.2) is 18.2 Å². The van der Waals surface area contributed by atoms with Crippen molar-refractivity contribution in [2.24, 2.45) is 5.73 Å². The highest BCUT2D eigenvalue weighted by Gasteiger charge is 2.20. The lowest BCUT2D eigenvalue weighted by atomic mass is 10.0. The van der Waals surface area contributed by atoms with E-state index in [4.69, 9.17) is 10.5 Å². The zero-order valence-corrected chi connectivity index (χ0v) is 13.1. The van der Waals surface area contributed by atoms with Crippen LogP contribution >= 0.6 is 0 Å². The Labute approximate surface area is 127 Å². The van der Waals surface area contributed by atoms with Crippen molar-refractivity contribution < 1.29 is 9.13 Å². The van der Waals surface area contributed by atoms with E-state index in [1.807, 2.05) is 12.1 Å². The van der Waals surface area contributed by atoms with Gasteiger partial charge < -0.3 is 15.4 Å². The predicted molar refractivity (Wildman–Crippen MR) is 85.2 cm³/mol. The van der Waals surface area contributed by atoms with Crippen LogP contribution in [0.1, 0.15) is 38.7 Å². The molecule has 1 fully saturated rings. The van der Waals surface area contributed by atoms with Gasteiger partial charge in [0.05, 0.1) is 11.8 Å². The van der Waals surface area contributed by atoms with Crippen LogP contribution in [-0.2, 0) is 11.2 Å². The molecule has 0 aromatic heterocycles. The van der Waals surface area contributed by atoms with Gasteiger partial charge in [-0.1, -0.05) is 13.0 Å². The molecule has 1 heterocycles. The third-order valence-electron chi connectivity index (χ3n) is 4.20. The van der Waals surface area contributed by atoms with E-state index in [-0.39, 0.29) is 18.0 Å². The molecule has 0 bridgehead atoms. The van der Waals surface area contributed by atoms with Crippen molar-refractivity contribution in [3.8, 4) is 0 Å². The van der Waals surface area contributed by atoms with Gasteiger partial charge in [-0.3, -0.25) is 0 Å². The molecule has 1 aromatic rings. The Kier molecular flexibility index (Phi) is 6.00. The summed E-state index contributed by atoms with van der Waals surface area (Å²) in [6.07, 6.45) is 4.05. The van der Waals surface area contributed by atoms with Gasteiger partial charge in [-0.05, 0) is 50.3 Å². The molecule has 2 atom stereocenters. The summed E-state index contributed by atoms with van der Waals surface area (Å²) in [5.74, 6) is -0.157. The Morgan fingerprint density at radius 2 is 2.24 bits per heavy atom. The average molecular weight is 294 g/mol. The second-order valence-corrected chi connectivity index (χ2v) is 5.83. The van der Waals surface area contributed by atoms with Gasteiger partial charge in [-0.25, -0.2) is 4.39 Å². The van der Waals surface area contributed by atoms with Gasteiger partial charge in [-0.2, -0.15) is 0 Å². The third kappa shape index (κ3) is 4.42. The number of ether oxygens (including phenoxy) is 1. The van der Waals surface area contributed by atoms with Crippen LogP contribution in [0.25, 0.3) is 0 Å². The topological polar surface area (TPSA) is 38.5 Å². The molecule has 0 radical (unpaired) electrons. The molecule has 2 N–H and O–H groups in total. The van der Waals surface area contributed by atoms with E-state index in [0.717, 1.165) is 50.9 Å². The second kappa shape index (κ2) is 7.76. The number of hydrogen-bond donors (Lipinski definition) is 1. The van der Waals surface area contributed by atoms with Crippen molar-refractivity contribution in [3.63, 3.8) is 0 Å². The van der Waals surface area contributed by atoms with E-state index in [1.54, 1.807) is 6.07 Å². The summed E-state index contributed by atoms with van der Waals surface area (Å²) in [5, 5.41) is 0. The molecule has 1 aliphatic heterocycles. The number of nitrogens with two attached hydrogens (primary N) is 1. The largest absolute Gasteiger partial charge is 0.376 e. The molecule has 2 unspecified atom stereocenters. The van der Waals surface area contributed by atoms with Crippen molar-refractivity contribution in [1.29, 1.82) is 0 Å². The standard InChI is InChI=1S/C17H27FN2O/c1-3-14(19)10-13-7-8-17(16(18)11-13)20(4-2)12-15-6-5-9-21-15/h7-8,11,14-15H,3-6,9-10,12,19H2,1-2H3. The van der Waals surface area contributed by atoms with Gasteiger partial charge in [-0.15, -0.1) is 0 Å². The molecule has 1 saturated heterocycles. The van der Waals surface area contributed by atoms with Gasteiger partial charge in [0.25, 0.3) is 0 Å². The first-order chi connectivity index (χ1) is 10.1. The predicted octanol–water partition coefficient (Wildman–Crippen LogP) is 3.11. The fourth-order valence-electron chi connectivity index (χ4n) is 2.81. The molecule has 1 aliphatic rings. The average Bonchev–Trinajstić information content (AvgIpc) is 2.98. The van der Waals surface area contributed by atoms with Gasteiger partial charge in [0.1, 0.15) is 5.82 Å². The minimum atomic E-state index is -0.157. The highest BCUT2D eigenvalue weighted by atomic mass is 19.1. The SMILES string of the molecule is CCC(N)Cc1ccc(N(CC)CC2CCCO2)c(F)c1. The Morgan fingerprint density at radius 3 is 2.81 bits per heavy atom. The molecule has 0 spiro atoms. The Bertz CT molecular complexity index is 446. The van der Waals surface area contributed by atoms with Crippen molar-refractivity contribution in [2.45, 2.75) is 51.7 Å². The Morgan fingerprint density at radius 1 is 1.43 bits per heavy atom.